The molecule has 0 bridgehead atoms. The van der Waals surface area contributed by atoms with Gasteiger partial charge in [0, 0.05) is 6.07 Å². The minimum atomic E-state index is -4.55. The Morgan fingerprint density at radius 2 is 2.06 bits per heavy atom. The summed E-state index contributed by atoms with van der Waals surface area (Å²) in [6.07, 6.45) is -4.73. The summed E-state index contributed by atoms with van der Waals surface area (Å²) in [6.45, 7) is -1.47. The highest BCUT2D eigenvalue weighted by molar-refractivity contribution is 5.95. The van der Waals surface area contributed by atoms with Gasteiger partial charge in [0.25, 0.3) is 0 Å². The van der Waals surface area contributed by atoms with Gasteiger partial charge in [0.15, 0.2) is 0 Å². The molecular formula is C11H9F4NO2. The number of halogens is 4. The van der Waals surface area contributed by atoms with E-state index in [4.69, 9.17) is 4.74 Å². The topological polar surface area (TPSA) is 29.5 Å². The third-order valence-corrected chi connectivity index (χ3v) is 2.42. The Kier molecular flexibility index (Phi) is 3.14. The predicted molar refractivity (Wildman–Crippen MR) is 54.9 cm³/mol. The smallest absolute Gasteiger partial charge is 0.406 e. The van der Waals surface area contributed by atoms with Gasteiger partial charge in [-0.15, -0.1) is 0 Å². The molecule has 2 rings (SSSR count). The quantitative estimate of drug-likeness (QED) is 0.728. The van der Waals surface area contributed by atoms with E-state index in [0.29, 0.717) is 4.90 Å². The number of hydrogen-bond donors (Lipinski definition) is 0. The Hall–Kier alpha value is -1.79. The Labute approximate surface area is 99.9 Å². The fraction of sp³-hybridized carbons (Fsp3) is 0.364. The van der Waals surface area contributed by atoms with E-state index in [2.05, 4.69) is 0 Å². The van der Waals surface area contributed by atoms with Gasteiger partial charge < -0.3 is 4.74 Å². The van der Waals surface area contributed by atoms with E-state index in [0.717, 1.165) is 12.1 Å². The number of carbonyl (C=O) groups excluding carboxylic acids is 1. The highest BCUT2D eigenvalue weighted by Crippen LogP contribution is 2.34. The molecule has 1 aliphatic heterocycles. The Morgan fingerprint density at radius 1 is 1.33 bits per heavy atom. The first-order valence-electron chi connectivity index (χ1n) is 5.16. The lowest BCUT2D eigenvalue weighted by Crippen LogP contribution is -2.38. The lowest BCUT2D eigenvalue weighted by molar-refractivity contribution is -0.132. The van der Waals surface area contributed by atoms with Gasteiger partial charge in [-0.05, 0) is 12.1 Å². The van der Waals surface area contributed by atoms with E-state index in [-0.39, 0.29) is 24.5 Å². The number of nitrogens with zero attached hydrogens (tertiary/aromatic N) is 1. The van der Waals surface area contributed by atoms with Gasteiger partial charge in [-0.2, -0.15) is 13.2 Å². The largest absolute Gasteiger partial charge is 0.491 e. The molecule has 1 amide bonds. The van der Waals surface area contributed by atoms with Crippen LogP contribution in [0.15, 0.2) is 18.2 Å². The Morgan fingerprint density at radius 3 is 2.72 bits per heavy atom. The zero-order valence-corrected chi connectivity index (χ0v) is 9.13. The van der Waals surface area contributed by atoms with Crippen LogP contribution in [-0.4, -0.2) is 25.2 Å². The summed E-state index contributed by atoms with van der Waals surface area (Å²) in [5, 5.41) is 0. The highest BCUT2D eigenvalue weighted by Gasteiger charge is 2.36. The Bertz CT molecular complexity index is 473. The number of anilines is 1. The fourth-order valence-corrected chi connectivity index (χ4v) is 1.69. The molecule has 98 valence electrons. The molecule has 0 aliphatic carbocycles. The predicted octanol–water partition coefficient (Wildman–Crippen LogP) is 2.50. The third kappa shape index (κ3) is 2.72. The van der Waals surface area contributed by atoms with Crippen LogP contribution in [0.25, 0.3) is 0 Å². The molecule has 0 atom stereocenters. The molecule has 1 heterocycles. The second-order valence-corrected chi connectivity index (χ2v) is 3.81. The van der Waals surface area contributed by atoms with Crippen LogP contribution in [0.3, 0.4) is 0 Å². The number of carbonyl (C=O) groups is 1. The summed E-state index contributed by atoms with van der Waals surface area (Å²) in [5.41, 5.74) is -0.185. The lowest BCUT2D eigenvalue weighted by Gasteiger charge is -2.23. The lowest BCUT2D eigenvalue weighted by atomic mass is 10.2. The molecular weight excluding hydrogens is 254 g/mol. The summed E-state index contributed by atoms with van der Waals surface area (Å²) >= 11 is 0. The van der Waals surface area contributed by atoms with Gasteiger partial charge in [-0.3, -0.25) is 9.69 Å². The molecule has 7 heteroatoms. The standard InChI is InChI=1S/C11H9F4NO2/c12-7-1-2-9-8(5-7)16(6-11(13,14)15)10(17)3-4-18-9/h1-2,5H,3-4,6H2. The molecule has 0 radical (unpaired) electrons. The SMILES string of the molecule is O=C1CCOc2ccc(F)cc2N1CC(F)(F)F. The number of hydrogen-bond acceptors (Lipinski definition) is 2. The van der Waals surface area contributed by atoms with Crippen LogP contribution in [0.4, 0.5) is 23.2 Å². The molecule has 3 nitrogen and oxygen atoms in total. The number of fused-ring (bicyclic) bond motifs is 1. The van der Waals surface area contributed by atoms with Crippen LogP contribution in [0.5, 0.6) is 5.75 Å². The first-order chi connectivity index (χ1) is 8.37. The zero-order chi connectivity index (χ0) is 13.3. The third-order valence-electron chi connectivity index (χ3n) is 2.42. The molecule has 0 unspecified atom stereocenters. The van der Waals surface area contributed by atoms with Crippen molar-refractivity contribution < 1.29 is 27.1 Å². The van der Waals surface area contributed by atoms with Crippen molar-refractivity contribution in [3.8, 4) is 5.75 Å². The summed E-state index contributed by atoms with van der Waals surface area (Å²) < 4.78 is 55.4. The van der Waals surface area contributed by atoms with Gasteiger partial charge in [0.05, 0.1) is 18.7 Å². The van der Waals surface area contributed by atoms with Gasteiger partial charge in [0.1, 0.15) is 18.1 Å². The van der Waals surface area contributed by atoms with Crippen molar-refractivity contribution in [1.29, 1.82) is 0 Å². The normalized spacial score (nSPS) is 16.0. The summed E-state index contributed by atoms with van der Waals surface area (Å²) in [4.78, 5) is 12.1. The van der Waals surface area contributed by atoms with E-state index in [1.807, 2.05) is 0 Å². The molecule has 0 saturated heterocycles. The molecule has 0 aromatic heterocycles. The average molecular weight is 263 g/mol. The van der Waals surface area contributed by atoms with E-state index in [1.54, 1.807) is 0 Å². The van der Waals surface area contributed by atoms with Gasteiger partial charge in [-0.25, -0.2) is 4.39 Å². The molecule has 0 N–H and O–H groups in total. The molecule has 0 spiro atoms. The van der Waals surface area contributed by atoms with Crippen LogP contribution in [-0.2, 0) is 4.79 Å². The maximum atomic E-state index is 13.1. The zero-order valence-electron chi connectivity index (χ0n) is 9.13. The van der Waals surface area contributed by atoms with Crippen molar-refractivity contribution in [3.05, 3.63) is 24.0 Å². The first-order valence-corrected chi connectivity index (χ1v) is 5.16. The van der Waals surface area contributed by atoms with E-state index < -0.39 is 24.4 Å². The molecule has 18 heavy (non-hydrogen) atoms. The maximum absolute atomic E-state index is 13.1. The van der Waals surface area contributed by atoms with Crippen molar-refractivity contribution in [2.24, 2.45) is 0 Å². The number of rotatable bonds is 1. The van der Waals surface area contributed by atoms with E-state index in [9.17, 15) is 22.4 Å². The van der Waals surface area contributed by atoms with Crippen LogP contribution in [0.2, 0.25) is 0 Å². The van der Waals surface area contributed by atoms with E-state index >= 15 is 0 Å². The highest BCUT2D eigenvalue weighted by atomic mass is 19.4. The van der Waals surface area contributed by atoms with Crippen LogP contribution >= 0.6 is 0 Å². The number of ether oxygens (including phenoxy) is 1. The Balaban J connectivity index is 2.43. The van der Waals surface area contributed by atoms with Crippen LogP contribution in [0, 0.1) is 5.82 Å². The second kappa shape index (κ2) is 4.47. The van der Waals surface area contributed by atoms with Crippen molar-refractivity contribution >= 4 is 11.6 Å². The number of alkyl halides is 3. The number of amides is 1. The maximum Gasteiger partial charge on any atom is 0.406 e. The van der Waals surface area contributed by atoms with E-state index in [1.165, 1.54) is 6.07 Å². The van der Waals surface area contributed by atoms with Crippen LogP contribution in [0.1, 0.15) is 6.42 Å². The molecule has 0 saturated carbocycles. The first kappa shape index (κ1) is 12.7. The molecule has 0 fully saturated rings. The average Bonchev–Trinajstić information content (AvgIpc) is 2.39. The van der Waals surface area contributed by atoms with Crippen molar-refractivity contribution in [2.75, 3.05) is 18.1 Å². The molecule has 1 aromatic carbocycles. The van der Waals surface area contributed by atoms with Gasteiger partial charge in [-0.1, -0.05) is 0 Å². The monoisotopic (exact) mass is 263 g/mol. The summed E-state index contributed by atoms with van der Waals surface area (Å²) in [7, 11) is 0. The fourth-order valence-electron chi connectivity index (χ4n) is 1.69. The summed E-state index contributed by atoms with van der Waals surface area (Å²) in [5.74, 6) is -1.39. The van der Waals surface area contributed by atoms with Gasteiger partial charge >= 0.3 is 6.18 Å². The summed E-state index contributed by atoms with van der Waals surface area (Å²) in [6, 6.07) is 3.15. The second-order valence-electron chi connectivity index (χ2n) is 3.81. The number of benzene rings is 1. The minimum Gasteiger partial charge on any atom is -0.491 e. The minimum absolute atomic E-state index is 0.0220. The molecule has 1 aromatic rings. The molecule has 1 aliphatic rings. The van der Waals surface area contributed by atoms with Gasteiger partial charge in [0.2, 0.25) is 5.91 Å². The van der Waals surface area contributed by atoms with Crippen LogP contribution < -0.4 is 9.64 Å². The van der Waals surface area contributed by atoms with Crippen molar-refractivity contribution in [2.45, 2.75) is 12.6 Å². The van der Waals surface area contributed by atoms with Crippen molar-refractivity contribution in [3.63, 3.8) is 0 Å². The van der Waals surface area contributed by atoms with Crippen molar-refractivity contribution in [1.82, 2.24) is 0 Å².